The summed E-state index contributed by atoms with van der Waals surface area (Å²) in [5.74, 6) is 0. The average Bonchev–Trinajstić information content (AvgIpc) is 3.27. The molecule has 5 nitrogen and oxygen atoms in total. The number of unbranched alkanes of at least 4 members (excludes halogenated alkanes) is 3. The number of benzene rings is 1. The molecule has 1 aliphatic carbocycles. The summed E-state index contributed by atoms with van der Waals surface area (Å²) in [6.45, 7) is 4.70. The van der Waals surface area contributed by atoms with Gasteiger partial charge in [-0.05, 0) is 95.3 Å². The van der Waals surface area contributed by atoms with Crippen LogP contribution in [0.25, 0.3) is 0 Å². The highest BCUT2D eigenvalue weighted by Crippen LogP contribution is 2.28. The van der Waals surface area contributed by atoms with E-state index in [9.17, 15) is 8.42 Å². The molecule has 1 saturated heterocycles. The maximum Gasteiger partial charge on any atom is 0.243 e. The van der Waals surface area contributed by atoms with Crippen molar-refractivity contribution in [2.75, 3.05) is 33.3 Å². The van der Waals surface area contributed by atoms with Gasteiger partial charge >= 0.3 is 0 Å². The maximum atomic E-state index is 12.9. The third kappa shape index (κ3) is 7.02. The van der Waals surface area contributed by atoms with Crippen molar-refractivity contribution in [2.45, 2.75) is 81.2 Å². The van der Waals surface area contributed by atoms with Crippen LogP contribution in [0.15, 0.2) is 33.6 Å². The summed E-state index contributed by atoms with van der Waals surface area (Å²) < 4.78 is 34.3. The molecular formula is C23H37BrN2O3S. The zero-order valence-electron chi connectivity index (χ0n) is 18.3. The highest BCUT2D eigenvalue weighted by atomic mass is 79.9. The fourth-order valence-electron chi connectivity index (χ4n) is 4.59. The molecule has 0 aromatic heterocycles. The highest BCUT2D eigenvalue weighted by molar-refractivity contribution is 9.10. The molecule has 170 valence electrons. The Morgan fingerprint density at radius 3 is 2.30 bits per heavy atom. The molecule has 0 radical (unpaired) electrons. The largest absolute Gasteiger partial charge is 0.378 e. The molecule has 30 heavy (non-hydrogen) atoms. The van der Waals surface area contributed by atoms with Crippen LogP contribution in [0.4, 0.5) is 0 Å². The molecule has 1 aromatic rings. The zero-order valence-corrected chi connectivity index (χ0v) is 20.7. The van der Waals surface area contributed by atoms with Gasteiger partial charge in [0.1, 0.15) is 0 Å². The lowest BCUT2D eigenvalue weighted by atomic mass is 9.93. The van der Waals surface area contributed by atoms with Crippen LogP contribution in [0.2, 0.25) is 0 Å². The van der Waals surface area contributed by atoms with E-state index in [4.69, 9.17) is 4.74 Å². The van der Waals surface area contributed by atoms with E-state index in [1.54, 1.807) is 35.6 Å². The van der Waals surface area contributed by atoms with E-state index < -0.39 is 10.0 Å². The number of halogens is 1. The Kier molecular flexibility index (Phi) is 9.63. The Labute approximate surface area is 191 Å². The molecule has 2 aliphatic rings. The first kappa shape index (κ1) is 24.2. The standard InChI is InChI=1S/C23H37BrN2O3S/c1-25(30(27,28)23-14-8-20(24)9-15-23)21-10-12-22(13-11-21)29-19-7-3-2-4-16-26-17-5-6-18-26/h8-9,14-15,21-22H,2-7,10-13,16-19H2,1H3/t21-,22-. The monoisotopic (exact) mass is 500 g/mol. The number of likely N-dealkylation sites (tertiary alicyclic amines) is 1. The maximum absolute atomic E-state index is 12.9. The van der Waals surface area contributed by atoms with E-state index in [2.05, 4.69) is 20.8 Å². The van der Waals surface area contributed by atoms with Gasteiger partial charge < -0.3 is 9.64 Å². The van der Waals surface area contributed by atoms with Gasteiger partial charge in [-0.3, -0.25) is 0 Å². The first-order valence-electron chi connectivity index (χ1n) is 11.5. The number of sulfonamides is 1. The Bertz CT molecular complexity index is 727. The van der Waals surface area contributed by atoms with Crippen molar-refractivity contribution < 1.29 is 13.2 Å². The van der Waals surface area contributed by atoms with Crippen LogP contribution < -0.4 is 0 Å². The SMILES string of the molecule is CN([C@H]1CC[C@H](OCCCCCCN2CCCC2)CC1)S(=O)(=O)c1ccc(Br)cc1. The van der Waals surface area contributed by atoms with Crippen LogP contribution in [0.5, 0.6) is 0 Å². The second-order valence-corrected chi connectivity index (χ2v) is 11.7. The minimum absolute atomic E-state index is 0.0593. The fourth-order valence-corrected chi connectivity index (χ4v) is 6.27. The van der Waals surface area contributed by atoms with E-state index in [-0.39, 0.29) is 12.1 Å². The van der Waals surface area contributed by atoms with Gasteiger partial charge in [0.2, 0.25) is 10.0 Å². The number of nitrogens with zero attached hydrogens (tertiary/aromatic N) is 2. The Balaban J connectivity index is 1.30. The minimum atomic E-state index is -3.44. The Morgan fingerprint density at radius 2 is 1.63 bits per heavy atom. The predicted octanol–water partition coefficient (Wildman–Crippen LogP) is 5.05. The summed E-state index contributed by atoms with van der Waals surface area (Å²) in [6, 6.07) is 6.94. The second kappa shape index (κ2) is 12.0. The summed E-state index contributed by atoms with van der Waals surface area (Å²) in [4.78, 5) is 2.94. The molecule has 1 heterocycles. The molecule has 0 bridgehead atoms. The lowest BCUT2D eigenvalue weighted by Crippen LogP contribution is -2.40. The van der Waals surface area contributed by atoms with Crippen LogP contribution >= 0.6 is 15.9 Å². The molecule has 3 rings (SSSR count). The minimum Gasteiger partial charge on any atom is -0.378 e. The van der Waals surface area contributed by atoms with Gasteiger partial charge in [0.05, 0.1) is 11.0 Å². The number of hydrogen-bond donors (Lipinski definition) is 0. The second-order valence-electron chi connectivity index (χ2n) is 8.74. The van der Waals surface area contributed by atoms with Crippen molar-refractivity contribution in [3.05, 3.63) is 28.7 Å². The third-order valence-corrected chi connectivity index (χ3v) is 9.02. The van der Waals surface area contributed by atoms with Gasteiger partial charge in [-0.25, -0.2) is 8.42 Å². The van der Waals surface area contributed by atoms with Crippen LogP contribution in [0.3, 0.4) is 0 Å². The fraction of sp³-hybridized carbons (Fsp3) is 0.739. The highest BCUT2D eigenvalue weighted by Gasteiger charge is 2.31. The lowest BCUT2D eigenvalue weighted by molar-refractivity contribution is 0.0156. The Morgan fingerprint density at radius 1 is 1.00 bits per heavy atom. The van der Waals surface area contributed by atoms with Gasteiger partial charge in [-0.15, -0.1) is 0 Å². The molecule has 0 spiro atoms. The van der Waals surface area contributed by atoms with E-state index in [1.165, 1.54) is 51.7 Å². The molecule has 0 amide bonds. The molecule has 0 N–H and O–H groups in total. The lowest BCUT2D eigenvalue weighted by Gasteiger charge is -2.34. The number of rotatable bonds is 11. The van der Waals surface area contributed by atoms with E-state index in [0.29, 0.717) is 4.90 Å². The number of hydrogen-bond acceptors (Lipinski definition) is 4. The smallest absolute Gasteiger partial charge is 0.243 e. The third-order valence-electron chi connectivity index (χ3n) is 6.57. The van der Waals surface area contributed by atoms with Crippen molar-refractivity contribution in [1.82, 2.24) is 9.21 Å². The average molecular weight is 502 g/mol. The molecule has 1 aliphatic heterocycles. The van der Waals surface area contributed by atoms with Crippen LogP contribution in [0.1, 0.15) is 64.2 Å². The molecular weight excluding hydrogens is 464 g/mol. The normalized spacial score (nSPS) is 23.3. The van der Waals surface area contributed by atoms with E-state index in [0.717, 1.165) is 43.2 Å². The molecule has 7 heteroatoms. The van der Waals surface area contributed by atoms with Gasteiger partial charge in [0.25, 0.3) is 0 Å². The summed E-state index contributed by atoms with van der Waals surface area (Å²) >= 11 is 3.36. The summed E-state index contributed by atoms with van der Waals surface area (Å²) in [7, 11) is -1.73. The molecule has 1 saturated carbocycles. The van der Waals surface area contributed by atoms with Crippen LogP contribution in [-0.4, -0.2) is 63.1 Å². The summed E-state index contributed by atoms with van der Waals surface area (Å²) in [5, 5.41) is 0. The van der Waals surface area contributed by atoms with Crippen molar-refractivity contribution in [2.24, 2.45) is 0 Å². The van der Waals surface area contributed by atoms with E-state index >= 15 is 0 Å². The van der Waals surface area contributed by atoms with Crippen LogP contribution in [0, 0.1) is 0 Å². The number of ether oxygens (including phenoxy) is 1. The first-order valence-corrected chi connectivity index (χ1v) is 13.8. The predicted molar refractivity (Wildman–Crippen MR) is 125 cm³/mol. The molecule has 1 aromatic carbocycles. The van der Waals surface area contributed by atoms with Gasteiger partial charge in [0, 0.05) is 24.2 Å². The van der Waals surface area contributed by atoms with Gasteiger partial charge in [0.15, 0.2) is 0 Å². The van der Waals surface area contributed by atoms with Crippen molar-refractivity contribution >= 4 is 26.0 Å². The quantitative estimate of drug-likeness (QED) is 0.398. The van der Waals surface area contributed by atoms with Crippen molar-refractivity contribution in [3.63, 3.8) is 0 Å². The van der Waals surface area contributed by atoms with Crippen molar-refractivity contribution in [3.8, 4) is 0 Å². The Hall–Kier alpha value is -0.470. The van der Waals surface area contributed by atoms with Crippen molar-refractivity contribution in [1.29, 1.82) is 0 Å². The first-order chi connectivity index (χ1) is 14.5. The summed E-state index contributed by atoms with van der Waals surface area (Å²) in [5.41, 5.74) is 0. The van der Waals surface area contributed by atoms with Crippen LogP contribution in [-0.2, 0) is 14.8 Å². The van der Waals surface area contributed by atoms with Gasteiger partial charge in [-0.2, -0.15) is 4.31 Å². The molecule has 0 unspecified atom stereocenters. The van der Waals surface area contributed by atoms with Gasteiger partial charge in [-0.1, -0.05) is 28.8 Å². The zero-order chi connectivity index (χ0) is 21.4. The summed E-state index contributed by atoms with van der Waals surface area (Å²) in [6.07, 6.45) is 11.7. The topological polar surface area (TPSA) is 49.9 Å². The van der Waals surface area contributed by atoms with E-state index in [1.807, 2.05) is 0 Å². The molecule has 0 atom stereocenters. The molecule has 2 fully saturated rings.